The van der Waals surface area contributed by atoms with Gasteiger partial charge in [-0.05, 0) is 36.2 Å². The highest BCUT2D eigenvalue weighted by atomic mass is 35.5. The van der Waals surface area contributed by atoms with Crippen LogP contribution in [0.4, 0.5) is 24.7 Å². The largest absolute Gasteiger partial charge is 0.410 e. The van der Waals surface area contributed by atoms with Gasteiger partial charge in [0, 0.05) is 23.2 Å². The third-order valence-corrected chi connectivity index (χ3v) is 5.34. The normalized spacial score (nSPS) is 18.4. The summed E-state index contributed by atoms with van der Waals surface area (Å²) in [5, 5.41) is 10.2. The molecule has 3 aromatic rings. The van der Waals surface area contributed by atoms with Crippen LogP contribution in [0.2, 0.25) is 5.02 Å². The molecule has 2 heterocycles. The second kappa shape index (κ2) is 7.68. The highest BCUT2D eigenvalue weighted by molar-refractivity contribution is 6.30. The zero-order valence-electron chi connectivity index (χ0n) is 15.9. The molecule has 1 amide bonds. The number of benzene rings is 2. The topological polar surface area (TPSA) is 59.0 Å². The molecule has 1 aromatic heterocycles. The number of carbonyl (C=O) groups excluding carboxylic acids is 1. The Hall–Kier alpha value is -3.00. The van der Waals surface area contributed by atoms with Crippen molar-refractivity contribution in [1.29, 1.82) is 0 Å². The molecular weight excluding hydrogens is 417 g/mol. The third-order valence-electron chi connectivity index (χ3n) is 5.09. The fourth-order valence-corrected chi connectivity index (χ4v) is 3.62. The summed E-state index contributed by atoms with van der Waals surface area (Å²) < 4.78 is 42.2. The highest BCUT2D eigenvalue weighted by Gasteiger charge is 2.46. The Bertz CT molecular complexity index is 1080. The summed E-state index contributed by atoms with van der Waals surface area (Å²) >= 11 is 5.89. The molecule has 2 aromatic carbocycles. The van der Waals surface area contributed by atoms with Crippen LogP contribution in [0.5, 0.6) is 0 Å². The van der Waals surface area contributed by atoms with Gasteiger partial charge in [0.15, 0.2) is 11.7 Å². The molecule has 0 unspecified atom stereocenters. The quantitative estimate of drug-likeness (QED) is 0.551. The fraction of sp³-hybridized carbons (Fsp3) is 0.238. The molecule has 2 atom stereocenters. The number of nitrogens with zero attached hydrogens (tertiary/aromatic N) is 2. The van der Waals surface area contributed by atoms with Gasteiger partial charge in [0.05, 0.1) is 6.04 Å². The number of alkyl halides is 3. The lowest BCUT2D eigenvalue weighted by molar-refractivity contribution is -0.173. The van der Waals surface area contributed by atoms with E-state index in [2.05, 4.69) is 15.7 Å². The minimum absolute atomic E-state index is 0.0910. The summed E-state index contributed by atoms with van der Waals surface area (Å²) in [5.74, 6) is -0.435. The Morgan fingerprint density at radius 2 is 1.90 bits per heavy atom. The number of aryl methyl sites for hydroxylation is 1. The van der Waals surface area contributed by atoms with Crippen molar-refractivity contribution in [3.8, 4) is 0 Å². The molecule has 2 N–H and O–H groups in total. The van der Waals surface area contributed by atoms with Crippen molar-refractivity contribution < 1.29 is 18.0 Å². The number of para-hydroxylation sites is 1. The molecule has 0 saturated carbocycles. The van der Waals surface area contributed by atoms with Crippen molar-refractivity contribution >= 4 is 29.0 Å². The lowest BCUT2D eigenvalue weighted by atomic mass is 9.97. The van der Waals surface area contributed by atoms with E-state index in [1.54, 1.807) is 36.4 Å². The Labute approximate surface area is 175 Å². The summed E-state index contributed by atoms with van der Waals surface area (Å²) in [6.45, 7) is 1.83. The average Bonchev–Trinajstić information content (AvgIpc) is 3.13. The number of nitrogens with one attached hydrogen (secondary N) is 2. The number of halogens is 4. The number of carbonyl (C=O) groups is 1. The molecule has 4 rings (SSSR count). The number of anilines is 2. The molecule has 9 heteroatoms. The molecule has 0 aliphatic carbocycles. The van der Waals surface area contributed by atoms with Gasteiger partial charge in [-0.3, -0.25) is 4.79 Å². The number of hydrogen-bond acceptors (Lipinski definition) is 3. The number of amides is 1. The standard InChI is InChI=1S/C21H18ClF3N4O/c1-12-4-2-3-5-15(12)27-20(30)17-11-19-26-16(13-6-8-14(22)9-7-13)10-18(21(23,24)25)29(19)28-17/h2-9,11,16,18,26H,10H2,1H3,(H,27,30)/t16-,18+/m0/s1. The Balaban J connectivity index is 1.65. The Morgan fingerprint density at radius 1 is 1.20 bits per heavy atom. The Morgan fingerprint density at radius 3 is 2.57 bits per heavy atom. The van der Waals surface area contributed by atoms with Crippen LogP contribution in [0.25, 0.3) is 0 Å². The molecule has 30 heavy (non-hydrogen) atoms. The van der Waals surface area contributed by atoms with E-state index >= 15 is 0 Å². The Kier molecular flexibility index (Phi) is 5.19. The molecular formula is C21H18ClF3N4O. The summed E-state index contributed by atoms with van der Waals surface area (Å²) in [6, 6.07) is 12.7. The highest BCUT2D eigenvalue weighted by Crippen LogP contribution is 2.43. The van der Waals surface area contributed by atoms with Crippen LogP contribution in [0, 0.1) is 6.92 Å². The maximum atomic E-state index is 13.8. The SMILES string of the molecule is Cc1ccccc1NC(=O)c1cc2n(n1)[C@@H](C(F)(F)F)C[C@@H](c1ccc(Cl)cc1)N2. The van der Waals surface area contributed by atoms with E-state index in [1.807, 2.05) is 19.1 Å². The molecule has 0 saturated heterocycles. The molecule has 156 valence electrons. The van der Waals surface area contributed by atoms with Crippen molar-refractivity contribution in [2.75, 3.05) is 10.6 Å². The van der Waals surface area contributed by atoms with E-state index in [4.69, 9.17) is 11.6 Å². The molecule has 0 bridgehead atoms. The first-order valence-electron chi connectivity index (χ1n) is 9.27. The maximum absolute atomic E-state index is 13.8. The number of fused-ring (bicyclic) bond motifs is 1. The summed E-state index contributed by atoms with van der Waals surface area (Å²) in [5.41, 5.74) is 2.00. The van der Waals surface area contributed by atoms with Crippen LogP contribution in [-0.2, 0) is 0 Å². The van der Waals surface area contributed by atoms with Crippen LogP contribution in [-0.4, -0.2) is 21.9 Å². The van der Waals surface area contributed by atoms with Gasteiger partial charge in [-0.1, -0.05) is 41.9 Å². The zero-order chi connectivity index (χ0) is 21.5. The van der Waals surface area contributed by atoms with Crippen molar-refractivity contribution in [2.24, 2.45) is 0 Å². The first-order chi connectivity index (χ1) is 14.2. The van der Waals surface area contributed by atoms with E-state index in [0.29, 0.717) is 16.3 Å². The van der Waals surface area contributed by atoms with Gasteiger partial charge in [-0.15, -0.1) is 0 Å². The van der Waals surface area contributed by atoms with Crippen LogP contribution in [0.3, 0.4) is 0 Å². The number of hydrogen-bond donors (Lipinski definition) is 2. The molecule has 0 radical (unpaired) electrons. The summed E-state index contributed by atoms with van der Waals surface area (Å²) in [7, 11) is 0. The van der Waals surface area contributed by atoms with Gasteiger partial charge in [0.25, 0.3) is 5.91 Å². The van der Waals surface area contributed by atoms with Gasteiger partial charge in [0.2, 0.25) is 0 Å². The monoisotopic (exact) mass is 434 g/mol. The van der Waals surface area contributed by atoms with E-state index in [9.17, 15) is 18.0 Å². The minimum Gasteiger partial charge on any atom is -0.363 e. The van der Waals surface area contributed by atoms with Crippen LogP contribution in [0.15, 0.2) is 54.6 Å². The van der Waals surface area contributed by atoms with Gasteiger partial charge in [-0.2, -0.15) is 18.3 Å². The third kappa shape index (κ3) is 4.00. The molecule has 0 spiro atoms. The predicted octanol–water partition coefficient (Wildman–Crippen LogP) is 5.76. The van der Waals surface area contributed by atoms with Crippen LogP contribution >= 0.6 is 11.6 Å². The lowest BCUT2D eigenvalue weighted by Crippen LogP contribution is -2.35. The van der Waals surface area contributed by atoms with Gasteiger partial charge < -0.3 is 10.6 Å². The lowest BCUT2D eigenvalue weighted by Gasteiger charge is -2.33. The maximum Gasteiger partial charge on any atom is 0.410 e. The van der Waals surface area contributed by atoms with Crippen molar-refractivity contribution in [1.82, 2.24) is 9.78 Å². The van der Waals surface area contributed by atoms with Gasteiger partial charge in [0.1, 0.15) is 5.82 Å². The molecule has 0 fully saturated rings. The van der Waals surface area contributed by atoms with E-state index < -0.39 is 24.2 Å². The first kappa shape index (κ1) is 20.3. The van der Waals surface area contributed by atoms with E-state index in [0.717, 1.165) is 10.2 Å². The summed E-state index contributed by atoms with van der Waals surface area (Å²) in [6.07, 6.45) is -4.77. The smallest absolute Gasteiger partial charge is 0.363 e. The second-order valence-electron chi connectivity index (χ2n) is 7.17. The molecule has 1 aliphatic rings. The average molecular weight is 435 g/mol. The van der Waals surface area contributed by atoms with E-state index in [1.165, 1.54) is 6.07 Å². The minimum atomic E-state index is -4.52. The van der Waals surface area contributed by atoms with E-state index in [-0.39, 0.29) is 17.9 Å². The van der Waals surface area contributed by atoms with Gasteiger partial charge >= 0.3 is 6.18 Å². The first-order valence-corrected chi connectivity index (χ1v) is 9.65. The fourth-order valence-electron chi connectivity index (χ4n) is 3.50. The van der Waals surface area contributed by atoms with Crippen molar-refractivity contribution in [3.05, 3.63) is 76.4 Å². The number of rotatable bonds is 3. The van der Waals surface area contributed by atoms with Crippen molar-refractivity contribution in [2.45, 2.75) is 31.6 Å². The van der Waals surface area contributed by atoms with Crippen LogP contribution in [0.1, 0.15) is 40.1 Å². The van der Waals surface area contributed by atoms with Gasteiger partial charge in [-0.25, -0.2) is 4.68 Å². The molecule has 1 aliphatic heterocycles. The summed E-state index contributed by atoms with van der Waals surface area (Å²) in [4.78, 5) is 12.6. The van der Waals surface area contributed by atoms with Crippen LogP contribution < -0.4 is 10.6 Å². The predicted molar refractivity (Wildman–Crippen MR) is 109 cm³/mol. The second-order valence-corrected chi connectivity index (χ2v) is 7.61. The van der Waals surface area contributed by atoms with Crippen molar-refractivity contribution in [3.63, 3.8) is 0 Å². The number of aromatic nitrogens is 2. The molecule has 5 nitrogen and oxygen atoms in total. The zero-order valence-corrected chi connectivity index (χ0v) is 16.6.